The Morgan fingerprint density at radius 1 is 1.15 bits per heavy atom. The standard InChI is InChI=1S/C23H19F3N2O5/c1-31-22(30)14-6-8-15(9-7-14)28-12-17-19(27-10-11-32-20(17)21(28)29)16-4-2-3-5-18(16)33-13-23(24,25)26/h2-9H,10-13H2,1H3. The van der Waals surface area contributed by atoms with Crippen LogP contribution in [0.25, 0.3) is 0 Å². The van der Waals surface area contributed by atoms with E-state index in [1.54, 1.807) is 30.3 Å². The van der Waals surface area contributed by atoms with Gasteiger partial charge in [0.2, 0.25) is 0 Å². The Morgan fingerprint density at radius 2 is 1.88 bits per heavy atom. The Bertz CT molecular complexity index is 1140. The van der Waals surface area contributed by atoms with Crippen LogP contribution in [-0.2, 0) is 14.3 Å². The van der Waals surface area contributed by atoms with E-state index in [0.717, 1.165) is 0 Å². The lowest BCUT2D eigenvalue weighted by Crippen LogP contribution is -2.28. The predicted octanol–water partition coefficient (Wildman–Crippen LogP) is 3.53. The number of esters is 1. The van der Waals surface area contributed by atoms with Gasteiger partial charge in [-0.05, 0) is 36.4 Å². The van der Waals surface area contributed by atoms with Crippen LogP contribution in [0.5, 0.6) is 5.75 Å². The fourth-order valence-electron chi connectivity index (χ4n) is 3.58. The summed E-state index contributed by atoms with van der Waals surface area (Å²) in [6.45, 7) is -0.971. The highest BCUT2D eigenvalue weighted by atomic mass is 19.4. The average molecular weight is 460 g/mol. The summed E-state index contributed by atoms with van der Waals surface area (Å²) in [5.41, 5.74) is 2.00. The predicted molar refractivity (Wildman–Crippen MR) is 113 cm³/mol. The summed E-state index contributed by atoms with van der Waals surface area (Å²) in [6, 6.07) is 12.5. The van der Waals surface area contributed by atoms with Gasteiger partial charge in [-0.3, -0.25) is 9.79 Å². The smallest absolute Gasteiger partial charge is 0.422 e. The van der Waals surface area contributed by atoms with Crippen molar-refractivity contribution in [2.24, 2.45) is 4.99 Å². The number of methoxy groups -OCH3 is 1. The minimum Gasteiger partial charge on any atom is -0.486 e. The van der Waals surface area contributed by atoms with Crippen LogP contribution in [0.3, 0.4) is 0 Å². The first kappa shape index (κ1) is 22.4. The normalized spacial score (nSPS) is 16.1. The molecule has 0 radical (unpaired) electrons. The summed E-state index contributed by atoms with van der Waals surface area (Å²) in [6.07, 6.45) is -4.50. The van der Waals surface area contributed by atoms with E-state index in [4.69, 9.17) is 9.47 Å². The first-order valence-electron chi connectivity index (χ1n) is 9.98. The van der Waals surface area contributed by atoms with Crippen LogP contribution < -0.4 is 9.64 Å². The number of ether oxygens (including phenoxy) is 3. The van der Waals surface area contributed by atoms with Crippen molar-refractivity contribution in [3.05, 3.63) is 71.0 Å². The monoisotopic (exact) mass is 460 g/mol. The van der Waals surface area contributed by atoms with Gasteiger partial charge in [-0.1, -0.05) is 12.1 Å². The molecule has 0 aromatic heterocycles. The van der Waals surface area contributed by atoms with Crippen molar-refractivity contribution in [1.29, 1.82) is 0 Å². The van der Waals surface area contributed by atoms with Gasteiger partial charge in [-0.15, -0.1) is 0 Å². The van der Waals surface area contributed by atoms with Gasteiger partial charge in [0.05, 0.1) is 31.5 Å². The Labute approximate surface area is 187 Å². The molecular formula is C23H19F3N2O5. The number of nitrogens with zero attached hydrogens (tertiary/aromatic N) is 2. The second kappa shape index (κ2) is 8.97. The Morgan fingerprint density at radius 3 is 2.58 bits per heavy atom. The van der Waals surface area contributed by atoms with Crippen LogP contribution in [0.15, 0.2) is 64.9 Å². The molecule has 2 aliphatic heterocycles. The van der Waals surface area contributed by atoms with Gasteiger partial charge in [0.25, 0.3) is 5.91 Å². The number of carbonyl (C=O) groups is 2. The third-order valence-corrected chi connectivity index (χ3v) is 5.06. The number of rotatable bonds is 5. The molecule has 1 amide bonds. The average Bonchev–Trinajstić information content (AvgIpc) is 2.99. The molecule has 10 heteroatoms. The second-order valence-electron chi connectivity index (χ2n) is 7.22. The molecule has 33 heavy (non-hydrogen) atoms. The highest BCUT2D eigenvalue weighted by molar-refractivity contribution is 6.23. The number of halogens is 3. The molecule has 0 bridgehead atoms. The lowest BCUT2D eigenvalue weighted by atomic mass is 10.0. The van der Waals surface area contributed by atoms with Gasteiger partial charge in [-0.2, -0.15) is 13.2 Å². The molecule has 4 rings (SSSR count). The zero-order valence-electron chi connectivity index (χ0n) is 17.5. The molecule has 0 saturated carbocycles. The Balaban J connectivity index is 1.65. The van der Waals surface area contributed by atoms with Crippen LogP contribution in [0.1, 0.15) is 15.9 Å². The number of amides is 1. The summed E-state index contributed by atoms with van der Waals surface area (Å²) in [5, 5.41) is 0. The maximum Gasteiger partial charge on any atom is 0.422 e. The van der Waals surface area contributed by atoms with Crippen LogP contribution in [0.2, 0.25) is 0 Å². The summed E-state index contributed by atoms with van der Waals surface area (Å²) in [4.78, 5) is 30.7. The molecule has 2 heterocycles. The van der Waals surface area contributed by atoms with E-state index in [0.29, 0.717) is 28.1 Å². The number of para-hydroxylation sites is 1. The third-order valence-electron chi connectivity index (χ3n) is 5.06. The fourth-order valence-corrected chi connectivity index (χ4v) is 3.58. The Kier molecular flexibility index (Phi) is 6.08. The van der Waals surface area contributed by atoms with Gasteiger partial charge < -0.3 is 19.1 Å². The van der Waals surface area contributed by atoms with Gasteiger partial charge in [0.1, 0.15) is 12.4 Å². The molecule has 7 nitrogen and oxygen atoms in total. The number of aliphatic imine (C=N–C) groups is 1. The van der Waals surface area contributed by atoms with E-state index in [1.807, 2.05) is 0 Å². The molecular weight excluding hydrogens is 441 g/mol. The van der Waals surface area contributed by atoms with Crippen molar-refractivity contribution in [2.75, 3.05) is 38.3 Å². The lowest BCUT2D eigenvalue weighted by Gasteiger charge is -2.18. The summed E-state index contributed by atoms with van der Waals surface area (Å²) in [7, 11) is 1.27. The maximum atomic E-state index is 13.1. The van der Waals surface area contributed by atoms with E-state index >= 15 is 0 Å². The number of carbonyl (C=O) groups excluding carboxylic acids is 2. The molecule has 0 unspecified atom stereocenters. The summed E-state index contributed by atoms with van der Waals surface area (Å²) >= 11 is 0. The maximum absolute atomic E-state index is 13.1. The van der Waals surface area contributed by atoms with Crippen LogP contribution >= 0.6 is 0 Å². The van der Waals surface area contributed by atoms with Crippen molar-refractivity contribution >= 4 is 23.3 Å². The van der Waals surface area contributed by atoms with E-state index in [2.05, 4.69) is 9.73 Å². The molecule has 2 aromatic carbocycles. The molecule has 0 aliphatic carbocycles. The zero-order chi connectivity index (χ0) is 23.6. The van der Waals surface area contributed by atoms with Gasteiger partial charge >= 0.3 is 12.1 Å². The zero-order valence-corrected chi connectivity index (χ0v) is 17.5. The van der Waals surface area contributed by atoms with Crippen molar-refractivity contribution in [3.8, 4) is 5.75 Å². The van der Waals surface area contributed by atoms with Gasteiger partial charge in [0, 0.05) is 16.8 Å². The highest BCUT2D eigenvalue weighted by Gasteiger charge is 2.37. The van der Waals surface area contributed by atoms with E-state index in [1.165, 1.54) is 30.2 Å². The summed E-state index contributed by atoms with van der Waals surface area (Å²) in [5.74, 6) is -0.805. The van der Waals surface area contributed by atoms with E-state index in [-0.39, 0.29) is 31.2 Å². The van der Waals surface area contributed by atoms with Crippen molar-refractivity contribution in [2.45, 2.75) is 6.18 Å². The Hall–Kier alpha value is -3.82. The molecule has 0 spiro atoms. The van der Waals surface area contributed by atoms with E-state index < -0.39 is 24.7 Å². The largest absolute Gasteiger partial charge is 0.486 e. The molecule has 0 N–H and O–H groups in total. The topological polar surface area (TPSA) is 77.4 Å². The van der Waals surface area contributed by atoms with Crippen LogP contribution in [-0.4, -0.2) is 57.2 Å². The molecule has 0 fully saturated rings. The SMILES string of the molecule is COC(=O)c1ccc(N2CC3=C(OCCN=C3c3ccccc3OCC(F)(F)F)C2=O)cc1. The number of benzene rings is 2. The van der Waals surface area contributed by atoms with Crippen molar-refractivity contribution < 1.29 is 37.0 Å². The minimum absolute atomic E-state index is 0.00987. The minimum atomic E-state index is -4.50. The number of alkyl halides is 3. The van der Waals surface area contributed by atoms with E-state index in [9.17, 15) is 22.8 Å². The molecule has 2 aromatic rings. The van der Waals surface area contributed by atoms with Crippen molar-refractivity contribution in [3.63, 3.8) is 0 Å². The number of hydrogen-bond acceptors (Lipinski definition) is 6. The first-order valence-corrected chi connectivity index (χ1v) is 9.98. The van der Waals surface area contributed by atoms with Crippen LogP contribution in [0, 0.1) is 0 Å². The van der Waals surface area contributed by atoms with Crippen molar-refractivity contribution in [1.82, 2.24) is 0 Å². The lowest BCUT2D eigenvalue weighted by molar-refractivity contribution is -0.153. The highest BCUT2D eigenvalue weighted by Crippen LogP contribution is 2.33. The molecule has 0 saturated heterocycles. The van der Waals surface area contributed by atoms with Gasteiger partial charge in [-0.25, -0.2) is 4.79 Å². The third kappa shape index (κ3) is 4.69. The van der Waals surface area contributed by atoms with Crippen LogP contribution in [0.4, 0.5) is 18.9 Å². The second-order valence-corrected chi connectivity index (χ2v) is 7.22. The number of anilines is 1. The molecule has 2 aliphatic rings. The van der Waals surface area contributed by atoms with Gasteiger partial charge in [0.15, 0.2) is 12.4 Å². The molecule has 172 valence electrons. The molecule has 0 atom stereocenters. The quantitative estimate of drug-likeness (QED) is 0.638. The fraction of sp³-hybridized carbons (Fsp3) is 0.261. The number of hydrogen-bond donors (Lipinski definition) is 0. The summed E-state index contributed by atoms with van der Waals surface area (Å²) < 4.78 is 53.5. The first-order chi connectivity index (χ1) is 15.8.